The molecule has 0 N–H and O–H groups in total. The number of aromatic nitrogens is 2. The van der Waals surface area contributed by atoms with E-state index in [0.717, 1.165) is 36.5 Å². The van der Waals surface area contributed by atoms with Gasteiger partial charge >= 0.3 is 0 Å². The van der Waals surface area contributed by atoms with E-state index in [2.05, 4.69) is 14.3 Å². The fraction of sp³-hybridized carbons (Fsp3) is 0.316. The van der Waals surface area contributed by atoms with Gasteiger partial charge in [0, 0.05) is 38.9 Å². The molecule has 26 heavy (non-hydrogen) atoms. The quantitative estimate of drug-likeness (QED) is 0.689. The van der Waals surface area contributed by atoms with Gasteiger partial charge in [-0.25, -0.2) is 13.4 Å². The number of hydrogen-bond acceptors (Lipinski definition) is 4. The van der Waals surface area contributed by atoms with Crippen LogP contribution < -0.4 is 0 Å². The molecule has 6 nitrogen and oxygen atoms in total. The van der Waals surface area contributed by atoms with Gasteiger partial charge in [-0.1, -0.05) is 36.4 Å². The molecular weight excluding hydrogens is 348 g/mol. The van der Waals surface area contributed by atoms with E-state index in [1.165, 1.54) is 0 Å². The third kappa shape index (κ3) is 3.65. The highest BCUT2D eigenvalue weighted by Crippen LogP contribution is 2.16. The zero-order chi connectivity index (χ0) is 18.0. The molecule has 136 valence electrons. The number of rotatable bonds is 5. The molecule has 1 aliphatic heterocycles. The zero-order valence-corrected chi connectivity index (χ0v) is 15.3. The highest BCUT2D eigenvalue weighted by molar-refractivity contribution is 7.88. The SMILES string of the molecule is O=S(=O)(Cc1ccccc1)N1CCN(Cc2cnc3ccccn23)CC1. The van der Waals surface area contributed by atoms with Gasteiger partial charge in [0.1, 0.15) is 5.65 Å². The second-order valence-corrected chi connectivity index (χ2v) is 8.56. The summed E-state index contributed by atoms with van der Waals surface area (Å²) in [5, 5.41) is 0. The molecule has 2 aromatic heterocycles. The van der Waals surface area contributed by atoms with Crippen molar-refractivity contribution in [2.75, 3.05) is 26.2 Å². The Kier molecular flexibility index (Phi) is 4.76. The van der Waals surface area contributed by atoms with E-state index in [0.29, 0.717) is 13.1 Å². The van der Waals surface area contributed by atoms with Crippen LogP contribution in [0.2, 0.25) is 0 Å². The Bertz CT molecular complexity index is 977. The molecule has 0 saturated carbocycles. The highest BCUT2D eigenvalue weighted by Gasteiger charge is 2.27. The summed E-state index contributed by atoms with van der Waals surface area (Å²) >= 11 is 0. The van der Waals surface area contributed by atoms with Crippen molar-refractivity contribution in [3.05, 3.63) is 72.2 Å². The fourth-order valence-corrected chi connectivity index (χ4v) is 4.89. The second-order valence-electron chi connectivity index (χ2n) is 6.60. The number of piperazine rings is 1. The largest absolute Gasteiger partial charge is 0.303 e. The van der Waals surface area contributed by atoms with Gasteiger partial charge in [0.15, 0.2) is 0 Å². The van der Waals surface area contributed by atoms with Gasteiger partial charge in [-0.05, 0) is 17.7 Å². The van der Waals surface area contributed by atoms with Crippen LogP contribution in [-0.2, 0) is 22.3 Å². The lowest BCUT2D eigenvalue weighted by Gasteiger charge is -2.33. The third-order valence-corrected chi connectivity index (χ3v) is 6.65. The van der Waals surface area contributed by atoms with E-state index in [9.17, 15) is 8.42 Å². The minimum absolute atomic E-state index is 0.0705. The van der Waals surface area contributed by atoms with Crippen LogP contribution in [0.4, 0.5) is 0 Å². The maximum Gasteiger partial charge on any atom is 0.218 e. The van der Waals surface area contributed by atoms with Gasteiger partial charge in [-0.3, -0.25) is 4.90 Å². The van der Waals surface area contributed by atoms with E-state index in [-0.39, 0.29) is 5.75 Å². The first-order chi connectivity index (χ1) is 12.6. The Morgan fingerprint density at radius 2 is 1.65 bits per heavy atom. The topological polar surface area (TPSA) is 57.9 Å². The van der Waals surface area contributed by atoms with Gasteiger partial charge in [0.2, 0.25) is 10.0 Å². The summed E-state index contributed by atoms with van der Waals surface area (Å²) < 4.78 is 29.0. The Hall–Kier alpha value is -2.22. The summed E-state index contributed by atoms with van der Waals surface area (Å²) in [7, 11) is -3.27. The summed E-state index contributed by atoms with van der Waals surface area (Å²) in [6.07, 6.45) is 3.91. The number of sulfonamides is 1. The van der Waals surface area contributed by atoms with E-state index < -0.39 is 10.0 Å². The first-order valence-electron chi connectivity index (χ1n) is 8.77. The van der Waals surface area contributed by atoms with E-state index >= 15 is 0 Å². The normalized spacial score (nSPS) is 16.9. The van der Waals surface area contributed by atoms with Crippen molar-refractivity contribution >= 4 is 15.7 Å². The molecule has 0 unspecified atom stereocenters. The molecule has 1 fully saturated rings. The van der Waals surface area contributed by atoms with Crippen LogP contribution in [0.1, 0.15) is 11.3 Å². The van der Waals surface area contributed by atoms with Crippen molar-refractivity contribution in [1.82, 2.24) is 18.6 Å². The van der Waals surface area contributed by atoms with Crippen LogP contribution in [0.5, 0.6) is 0 Å². The van der Waals surface area contributed by atoms with Crippen LogP contribution >= 0.6 is 0 Å². The minimum atomic E-state index is -3.27. The third-order valence-electron chi connectivity index (χ3n) is 4.80. The molecule has 1 aromatic carbocycles. The molecule has 0 bridgehead atoms. The number of hydrogen-bond donors (Lipinski definition) is 0. The summed E-state index contributed by atoms with van der Waals surface area (Å²) in [5.41, 5.74) is 2.90. The van der Waals surface area contributed by atoms with E-state index in [1.807, 2.05) is 60.9 Å². The van der Waals surface area contributed by atoms with Crippen LogP contribution in [-0.4, -0.2) is 53.2 Å². The van der Waals surface area contributed by atoms with Crippen molar-refractivity contribution in [3.63, 3.8) is 0 Å². The standard InChI is InChI=1S/C19H22N4O2S/c24-26(25,16-17-6-2-1-3-7-17)22-12-10-21(11-13-22)15-18-14-20-19-8-4-5-9-23(18)19/h1-9,14H,10-13,15-16H2. The van der Waals surface area contributed by atoms with Gasteiger partial charge < -0.3 is 4.40 Å². The van der Waals surface area contributed by atoms with Gasteiger partial charge in [-0.2, -0.15) is 4.31 Å². The van der Waals surface area contributed by atoms with E-state index in [4.69, 9.17) is 0 Å². The first kappa shape index (κ1) is 17.2. The molecule has 0 radical (unpaired) electrons. The number of nitrogens with zero attached hydrogens (tertiary/aromatic N) is 4. The zero-order valence-electron chi connectivity index (χ0n) is 14.5. The lowest BCUT2D eigenvalue weighted by Crippen LogP contribution is -2.48. The van der Waals surface area contributed by atoms with Crippen LogP contribution in [0.15, 0.2) is 60.9 Å². The monoisotopic (exact) mass is 370 g/mol. The van der Waals surface area contributed by atoms with Crippen molar-refractivity contribution in [2.24, 2.45) is 0 Å². The number of fused-ring (bicyclic) bond motifs is 1. The van der Waals surface area contributed by atoms with Gasteiger partial charge in [-0.15, -0.1) is 0 Å². The predicted octanol–water partition coefficient (Wildman–Crippen LogP) is 1.98. The summed E-state index contributed by atoms with van der Waals surface area (Å²) in [6, 6.07) is 15.3. The van der Waals surface area contributed by atoms with Gasteiger partial charge in [0.05, 0.1) is 17.6 Å². The number of benzene rings is 1. The summed E-state index contributed by atoms with van der Waals surface area (Å²) in [4.78, 5) is 6.70. The van der Waals surface area contributed by atoms with Crippen LogP contribution in [0.25, 0.3) is 5.65 Å². The lowest BCUT2D eigenvalue weighted by molar-refractivity contribution is 0.179. The van der Waals surface area contributed by atoms with Crippen LogP contribution in [0.3, 0.4) is 0 Å². The Labute approximate surface area is 153 Å². The molecule has 3 aromatic rings. The molecule has 0 atom stereocenters. The van der Waals surface area contributed by atoms with Crippen molar-refractivity contribution in [1.29, 1.82) is 0 Å². The molecule has 0 amide bonds. The van der Waals surface area contributed by atoms with Gasteiger partial charge in [0.25, 0.3) is 0 Å². The average molecular weight is 370 g/mol. The lowest BCUT2D eigenvalue weighted by atomic mass is 10.2. The first-order valence-corrected chi connectivity index (χ1v) is 10.4. The molecule has 3 heterocycles. The minimum Gasteiger partial charge on any atom is -0.303 e. The average Bonchev–Trinajstić information content (AvgIpc) is 3.06. The fourth-order valence-electron chi connectivity index (χ4n) is 3.37. The molecule has 0 spiro atoms. The second kappa shape index (κ2) is 7.19. The summed E-state index contributed by atoms with van der Waals surface area (Å²) in [5.74, 6) is 0.0705. The molecule has 4 rings (SSSR count). The smallest absolute Gasteiger partial charge is 0.218 e. The maximum atomic E-state index is 12.6. The summed E-state index contributed by atoms with van der Waals surface area (Å²) in [6.45, 7) is 3.30. The maximum absolute atomic E-state index is 12.6. The van der Waals surface area contributed by atoms with Crippen LogP contribution in [0, 0.1) is 0 Å². The molecule has 1 aliphatic rings. The molecule has 7 heteroatoms. The number of pyridine rings is 1. The van der Waals surface area contributed by atoms with Crippen molar-refractivity contribution in [3.8, 4) is 0 Å². The van der Waals surface area contributed by atoms with Crippen molar-refractivity contribution < 1.29 is 8.42 Å². The molecule has 1 saturated heterocycles. The predicted molar refractivity (Wildman–Crippen MR) is 101 cm³/mol. The Balaban J connectivity index is 1.38. The van der Waals surface area contributed by atoms with Crippen molar-refractivity contribution in [2.45, 2.75) is 12.3 Å². The molecule has 0 aliphatic carbocycles. The highest BCUT2D eigenvalue weighted by atomic mass is 32.2. The number of imidazole rings is 1. The molecular formula is C19H22N4O2S. The van der Waals surface area contributed by atoms with E-state index in [1.54, 1.807) is 4.31 Å². The Morgan fingerprint density at radius 3 is 2.42 bits per heavy atom. The Morgan fingerprint density at radius 1 is 0.923 bits per heavy atom.